The van der Waals surface area contributed by atoms with Gasteiger partial charge in [0.05, 0.1) is 13.2 Å². The van der Waals surface area contributed by atoms with Crippen molar-refractivity contribution in [1.29, 1.82) is 0 Å². The van der Waals surface area contributed by atoms with Crippen LogP contribution in [0.3, 0.4) is 0 Å². The Labute approximate surface area is 91.2 Å². The zero-order valence-electron chi connectivity index (χ0n) is 9.62. The van der Waals surface area contributed by atoms with Gasteiger partial charge in [-0.25, -0.2) is 0 Å². The summed E-state index contributed by atoms with van der Waals surface area (Å²) in [5.74, 6) is -0.573. The van der Waals surface area contributed by atoms with Crippen LogP contribution in [0.1, 0.15) is 26.3 Å². The van der Waals surface area contributed by atoms with Gasteiger partial charge in [0.2, 0.25) is 0 Å². The molecule has 0 atom stereocenters. The summed E-state index contributed by atoms with van der Waals surface area (Å²) in [6.07, 6.45) is 0. The van der Waals surface area contributed by atoms with E-state index in [0.29, 0.717) is 0 Å². The van der Waals surface area contributed by atoms with E-state index in [0.717, 1.165) is 18.8 Å². The number of benzene rings is 1. The van der Waals surface area contributed by atoms with E-state index in [1.54, 1.807) is 0 Å². The van der Waals surface area contributed by atoms with Crippen LogP contribution in [-0.2, 0) is 15.3 Å². The van der Waals surface area contributed by atoms with Crippen molar-refractivity contribution in [3.8, 4) is 0 Å². The lowest BCUT2D eigenvalue weighted by molar-refractivity contribution is -0.298. The van der Waals surface area contributed by atoms with Gasteiger partial charge in [-0.15, -0.1) is 0 Å². The lowest BCUT2D eigenvalue weighted by atomic mass is 9.94. The molecule has 1 aliphatic heterocycles. The Bertz CT molecular complexity index is 320. The Morgan fingerprint density at radius 3 is 2.00 bits per heavy atom. The second kappa shape index (κ2) is 3.62. The summed E-state index contributed by atoms with van der Waals surface area (Å²) in [7, 11) is 0. The van der Waals surface area contributed by atoms with Crippen LogP contribution in [0.5, 0.6) is 0 Å². The highest BCUT2D eigenvalue weighted by molar-refractivity contribution is 5.20. The van der Waals surface area contributed by atoms with Gasteiger partial charge < -0.3 is 9.47 Å². The Morgan fingerprint density at radius 2 is 1.47 bits per heavy atom. The van der Waals surface area contributed by atoms with Gasteiger partial charge in [-0.3, -0.25) is 0 Å². The van der Waals surface area contributed by atoms with E-state index in [4.69, 9.17) is 9.47 Å². The molecule has 1 aromatic rings. The van der Waals surface area contributed by atoms with Crippen LogP contribution in [0.25, 0.3) is 0 Å². The van der Waals surface area contributed by atoms with Crippen molar-refractivity contribution in [2.45, 2.75) is 26.6 Å². The average Bonchev–Trinajstić information content (AvgIpc) is 2.24. The van der Waals surface area contributed by atoms with Gasteiger partial charge >= 0.3 is 0 Å². The molecule has 0 spiro atoms. The molecule has 2 nitrogen and oxygen atoms in total. The molecule has 0 radical (unpaired) electrons. The van der Waals surface area contributed by atoms with Gasteiger partial charge in [0.1, 0.15) is 0 Å². The maximum absolute atomic E-state index is 5.84. The Hall–Kier alpha value is -0.860. The first-order valence-electron chi connectivity index (χ1n) is 5.35. The van der Waals surface area contributed by atoms with Gasteiger partial charge in [0.15, 0.2) is 5.79 Å². The van der Waals surface area contributed by atoms with Gasteiger partial charge in [-0.2, -0.15) is 0 Å². The molecule has 1 aliphatic rings. The molecule has 0 saturated carbocycles. The van der Waals surface area contributed by atoms with Crippen LogP contribution >= 0.6 is 0 Å². The topological polar surface area (TPSA) is 18.5 Å². The minimum atomic E-state index is -0.573. The van der Waals surface area contributed by atoms with Gasteiger partial charge in [-0.05, 0) is 6.92 Å². The third-order valence-corrected chi connectivity index (χ3v) is 2.77. The predicted octanol–water partition coefficient (Wildman–Crippen LogP) is 2.93. The highest BCUT2D eigenvalue weighted by atomic mass is 16.7. The highest BCUT2D eigenvalue weighted by Crippen LogP contribution is 2.35. The van der Waals surface area contributed by atoms with Crippen molar-refractivity contribution in [3.63, 3.8) is 0 Å². The molecule has 0 unspecified atom stereocenters. The van der Waals surface area contributed by atoms with Crippen molar-refractivity contribution in [1.82, 2.24) is 0 Å². The molecule has 2 rings (SSSR count). The Kier molecular flexibility index (Phi) is 2.57. The van der Waals surface area contributed by atoms with E-state index >= 15 is 0 Å². The fraction of sp³-hybridized carbons (Fsp3) is 0.538. The molecule has 0 bridgehead atoms. The van der Waals surface area contributed by atoms with Crippen LogP contribution in [-0.4, -0.2) is 13.2 Å². The second-order valence-corrected chi connectivity index (χ2v) is 5.05. The molecule has 1 fully saturated rings. The van der Waals surface area contributed by atoms with Gasteiger partial charge in [0, 0.05) is 11.0 Å². The minimum Gasteiger partial charge on any atom is -0.345 e. The normalized spacial score (nSPS) is 23.7. The first-order valence-corrected chi connectivity index (χ1v) is 5.35. The number of hydrogen-bond donors (Lipinski definition) is 0. The van der Waals surface area contributed by atoms with Crippen molar-refractivity contribution < 1.29 is 9.47 Å². The van der Waals surface area contributed by atoms with Gasteiger partial charge in [-0.1, -0.05) is 44.2 Å². The van der Waals surface area contributed by atoms with Crippen LogP contribution in [0.2, 0.25) is 0 Å². The van der Waals surface area contributed by atoms with Gasteiger partial charge in [0.25, 0.3) is 0 Å². The maximum atomic E-state index is 5.84. The summed E-state index contributed by atoms with van der Waals surface area (Å²) in [5, 5.41) is 0. The molecule has 2 heteroatoms. The van der Waals surface area contributed by atoms with Crippen molar-refractivity contribution >= 4 is 0 Å². The molecule has 0 amide bonds. The lowest BCUT2D eigenvalue weighted by Crippen LogP contribution is -2.43. The van der Waals surface area contributed by atoms with Crippen LogP contribution in [0.15, 0.2) is 30.3 Å². The zero-order valence-corrected chi connectivity index (χ0v) is 9.62. The van der Waals surface area contributed by atoms with E-state index in [-0.39, 0.29) is 5.41 Å². The van der Waals surface area contributed by atoms with E-state index in [1.165, 1.54) is 0 Å². The SMILES string of the molecule is CC1(C)COC(C)(c2ccccc2)OC1. The van der Waals surface area contributed by atoms with Crippen molar-refractivity contribution in [2.24, 2.45) is 5.41 Å². The summed E-state index contributed by atoms with van der Waals surface area (Å²) in [6, 6.07) is 10.1. The monoisotopic (exact) mass is 206 g/mol. The molecular formula is C13H18O2. The third kappa shape index (κ3) is 2.21. The predicted molar refractivity (Wildman–Crippen MR) is 59.5 cm³/mol. The summed E-state index contributed by atoms with van der Waals surface area (Å²) in [6.45, 7) is 7.75. The Balaban J connectivity index is 2.17. The lowest BCUT2D eigenvalue weighted by Gasteiger charge is -2.41. The quantitative estimate of drug-likeness (QED) is 0.703. The van der Waals surface area contributed by atoms with Crippen LogP contribution in [0.4, 0.5) is 0 Å². The summed E-state index contributed by atoms with van der Waals surface area (Å²) >= 11 is 0. The molecule has 82 valence electrons. The molecule has 1 heterocycles. The van der Waals surface area contributed by atoms with E-state index in [2.05, 4.69) is 13.8 Å². The van der Waals surface area contributed by atoms with Crippen LogP contribution < -0.4 is 0 Å². The number of rotatable bonds is 1. The summed E-state index contributed by atoms with van der Waals surface area (Å²) in [4.78, 5) is 0. The molecular weight excluding hydrogens is 188 g/mol. The standard InChI is InChI=1S/C13H18O2/c1-12(2)9-14-13(3,15-10-12)11-7-5-4-6-8-11/h4-8H,9-10H2,1-3H3. The fourth-order valence-corrected chi connectivity index (χ4v) is 1.66. The first-order chi connectivity index (χ1) is 7.02. The second-order valence-electron chi connectivity index (χ2n) is 5.05. The molecule has 0 aliphatic carbocycles. The van der Waals surface area contributed by atoms with E-state index in [9.17, 15) is 0 Å². The first kappa shape index (κ1) is 10.7. The molecule has 1 saturated heterocycles. The number of hydrogen-bond acceptors (Lipinski definition) is 2. The molecule has 15 heavy (non-hydrogen) atoms. The maximum Gasteiger partial charge on any atom is 0.191 e. The van der Waals surface area contributed by atoms with E-state index < -0.39 is 5.79 Å². The molecule has 1 aromatic carbocycles. The van der Waals surface area contributed by atoms with Crippen molar-refractivity contribution in [2.75, 3.05) is 13.2 Å². The highest BCUT2D eigenvalue weighted by Gasteiger charge is 2.37. The zero-order chi connectivity index (χ0) is 10.9. The Morgan fingerprint density at radius 1 is 0.933 bits per heavy atom. The van der Waals surface area contributed by atoms with Crippen molar-refractivity contribution in [3.05, 3.63) is 35.9 Å². The number of ether oxygens (including phenoxy) is 2. The minimum absolute atomic E-state index is 0.119. The molecule has 0 aromatic heterocycles. The summed E-state index contributed by atoms with van der Waals surface area (Å²) < 4.78 is 11.7. The molecule has 0 N–H and O–H groups in total. The summed E-state index contributed by atoms with van der Waals surface area (Å²) in [5.41, 5.74) is 1.20. The van der Waals surface area contributed by atoms with Crippen LogP contribution in [0, 0.1) is 5.41 Å². The van der Waals surface area contributed by atoms with E-state index in [1.807, 2.05) is 37.3 Å². The third-order valence-electron chi connectivity index (χ3n) is 2.77. The fourth-order valence-electron chi connectivity index (χ4n) is 1.66. The smallest absolute Gasteiger partial charge is 0.191 e. The average molecular weight is 206 g/mol. The largest absolute Gasteiger partial charge is 0.345 e.